The predicted octanol–water partition coefficient (Wildman–Crippen LogP) is 2.45. The quantitative estimate of drug-likeness (QED) is 0.732. The number of nitrogens with one attached hydrogen (secondary N) is 1. The molecule has 176 valence electrons. The van der Waals surface area contributed by atoms with Crippen LogP contribution < -0.4 is 9.62 Å². The van der Waals surface area contributed by atoms with Crippen molar-refractivity contribution < 1.29 is 28.2 Å². The van der Waals surface area contributed by atoms with Gasteiger partial charge in [0.25, 0.3) is 6.43 Å². The first-order valence-corrected chi connectivity index (χ1v) is 11.6. The number of hydrogen-bond acceptors (Lipinski definition) is 6. The SMILES string of the molecule is COC1CS(=O)(=O)N(c2cnn3c2CN(C(=O)Nc2ccnc(C(F)F)c2)[C@@H](C)C3)C1C.[HH]. The average molecular weight is 473 g/mol. The Hall–Kier alpha value is -2.80. The molecule has 32 heavy (non-hydrogen) atoms. The monoisotopic (exact) mass is 472 g/mol. The van der Waals surface area contributed by atoms with Crippen LogP contribution in [0.5, 0.6) is 0 Å². The van der Waals surface area contributed by atoms with Crippen LogP contribution in [-0.2, 0) is 27.8 Å². The van der Waals surface area contributed by atoms with Crippen molar-refractivity contribution >= 4 is 27.4 Å². The Balaban J connectivity index is 0.00000306. The fourth-order valence-electron chi connectivity index (χ4n) is 4.15. The third-order valence-electron chi connectivity index (χ3n) is 5.86. The second kappa shape index (κ2) is 8.28. The van der Waals surface area contributed by atoms with Crippen LogP contribution in [0.3, 0.4) is 0 Å². The lowest BCUT2D eigenvalue weighted by atomic mass is 10.1. The highest BCUT2D eigenvalue weighted by Crippen LogP contribution is 2.35. The molecule has 1 saturated heterocycles. The van der Waals surface area contributed by atoms with Gasteiger partial charge in [-0.05, 0) is 26.0 Å². The molecule has 0 saturated carbocycles. The molecule has 0 radical (unpaired) electrons. The molecule has 1 fully saturated rings. The normalized spacial score (nSPS) is 24.6. The summed E-state index contributed by atoms with van der Waals surface area (Å²) in [6.45, 7) is 4.06. The van der Waals surface area contributed by atoms with E-state index in [2.05, 4.69) is 15.4 Å². The average Bonchev–Trinajstić information content (AvgIpc) is 3.23. The Morgan fingerprint density at radius 2 is 2.12 bits per heavy atom. The highest BCUT2D eigenvalue weighted by atomic mass is 32.2. The zero-order valence-corrected chi connectivity index (χ0v) is 18.6. The molecule has 4 rings (SSSR count). The van der Waals surface area contributed by atoms with E-state index in [4.69, 9.17) is 4.74 Å². The van der Waals surface area contributed by atoms with Crippen molar-refractivity contribution in [3.63, 3.8) is 0 Å². The van der Waals surface area contributed by atoms with Gasteiger partial charge in [-0.15, -0.1) is 0 Å². The number of urea groups is 1. The van der Waals surface area contributed by atoms with Crippen molar-refractivity contribution in [2.75, 3.05) is 22.5 Å². The summed E-state index contributed by atoms with van der Waals surface area (Å²) in [6, 6.07) is 1.37. The summed E-state index contributed by atoms with van der Waals surface area (Å²) >= 11 is 0. The number of sulfonamides is 1. The number of hydrogen-bond donors (Lipinski definition) is 1. The zero-order chi connectivity index (χ0) is 23.2. The fourth-order valence-corrected chi connectivity index (χ4v) is 6.23. The van der Waals surface area contributed by atoms with Gasteiger partial charge in [-0.3, -0.25) is 14.0 Å². The summed E-state index contributed by atoms with van der Waals surface area (Å²) in [7, 11) is -2.14. The lowest BCUT2D eigenvalue weighted by molar-refractivity contribution is 0.111. The van der Waals surface area contributed by atoms with E-state index in [1.54, 1.807) is 11.6 Å². The number of alkyl halides is 2. The van der Waals surface area contributed by atoms with E-state index in [9.17, 15) is 22.0 Å². The molecule has 10 nitrogen and oxygen atoms in total. The van der Waals surface area contributed by atoms with Gasteiger partial charge in [0.05, 0.1) is 54.6 Å². The van der Waals surface area contributed by atoms with E-state index < -0.39 is 40.3 Å². The van der Waals surface area contributed by atoms with Crippen molar-refractivity contribution in [3.05, 3.63) is 35.9 Å². The molecule has 3 atom stereocenters. The molecule has 2 amide bonds. The smallest absolute Gasteiger partial charge is 0.322 e. The van der Waals surface area contributed by atoms with E-state index in [0.29, 0.717) is 17.9 Å². The summed E-state index contributed by atoms with van der Waals surface area (Å²) in [4.78, 5) is 18.0. The van der Waals surface area contributed by atoms with Gasteiger partial charge >= 0.3 is 6.03 Å². The number of amides is 2. The molecule has 2 aromatic heterocycles. The first-order valence-electron chi connectivity index (χ1n) is 10.0. The fraction of sp³-hybridized carbons (Fsp3) is 0.526. The molecule has 2 aromatic rings. The van der Waals surface area contributed by atoms with Crippen molar-refractivity contribution in [1.29, 1.82) is 0 Å². The van der Waals surface area contributed by atoms with Crippen molar-refractivity contribution in [1.82, 2.24) is 19.7 Å². The highest BCUT2D eigenvalue weighted by molar-refractivity contribution is 7.93. The van der Waals surface area contributed by atoms with Crippen LogP contribution >= 0.6 is 0 Å². The molecule has 0 aliphatic carbocycles. The summed E-state index contributed by atoms with van der Waals surface area (Å²) in [5.41, 5.74) is 0.750. The molecule has 0 spiro atoms. The zero-order valence-electron chi connectivity index (χ0n) is 17.8. The number of carbonyl (C=O) groups is 1. The number of fused-ring (bicyclic) bond motifs is 1. The Kier molecular flexibility index (Phi) is 5.79. The Labute approximate surface area is 185 Å². The van der Waals surface area contributed by atoms with Gasteiger partial charge in [-0.1, -0.05) is 0 Å². The minimum absolute atomic E-state index is 0. The second-order valence-corrected chi connectivity index (χ2v) is 9.82. The summed E-state index contributed by atoms with van der Waals surface area (Å²) in [5.74, 6) is -0.135. The first-order chi connectivity index (χ1) is 15.1. The van der Waals surface area contributed by atoms with Crippen LogP contribution in [0.4, 0.5) is 25.0 Å². The minimum atomic E-state index is -3.61. The number of rotatable bonds is 4. The van der Waals surface area contributed by atoms with Gasteiger partial charge in [0, 0.05) is 20.4 Å². The van der Waals surface area contributed by atoms with E-state index in [-0.39, 0.29) is 25.5 Å². The number of aromatic nitrogens is 3. The largest absolute Gasteiger partial charge is 0.378 e. The van der Waals surface area contributed by atoms with Gasteiger partial charge in [0.2, 0.25) is 10.0 Å². The lowest BCUT2D eigenvalue weighted by Gasteiger charge is -2.35. The molecule has 0 bridgehead atoms. The molecular formula is C19H26F2N6O4S. The summed E-state index contributed by atoms with van der Waals surface area (Å²) in [5, 5.41) is 6.95. The summed E-state index contributed by atoms with van der Waals surface area (Å²) in [6.07, 6.45) is -0.533. The number of carbonyl (C=O) groups excluding carboxylic acids is 1. The van der Waals surface area contributed by atoms with Crippen LogP contribution in [0, 0.1) is 0 Å². The molecule has 1 N–H and O–H groups in total. The van der Waals surface area contributed by atoms with Crippen LogP contribution in [-0.4, -0.2) is 65.2 Å². The number of halogens is 2. The third-order valence-corrected chi connectivity index (χ3v) is 7.73. The third kappa shape index (κ3) is 3.90. The lowest BCUT2D eigenvalue weighted by Crippen LogP contribution is -2.47. The number of ether oxygens (including phenoxy) is 1. The van der Waals surface area contributed by atoms with Crippen molar-refractivity contribution in [2.24, 2.45) is 0 Å². The topological polar surface area (TPSA) is 110 Å². The molecule has 4 heterocycles. The standard InChI is InChI=1S/C19H24F2N6O4S.H2/c1-11-8-26-16(15(7-23-26)27-12(2)17(31-3)10-32(27,29)30)9-25(11)19(28)24-13-4-5-22-14(6-13)18(20)21;/h4-7,11-12,17-18H,8-10H2,1-3H3,(H,22,24,28);1H/t11-,12?,17?;/m0./s1. The van der Waals surface area contributed by atoms with E-state index >= 15 is 0 Å². The van der Waals surface area contributed by atoms with Crippen LogP contribution in [0.2, 0.25) is 0 Å². The maximum absolute atomic E-state index is 12.9. The number of anilines is 2. The first kappa shape index (κ1) is 22.4. The van der Waals surface area contributed by atoms with E-state index in [1.807, 2.05) is 6.92 Å². The molecule has 13 heteroatoms. The van der Waals surface area contributed by atoms with Crippen LogP contribution in [0.1, 0.15) is 33.1 Å². The molecule has 0 aromatic carbocycles. The Bertz CT molecular complexity index is 1130. The van der Waals surface area contributed by atoms with Crippen LogP contribution in [0.15, 0.2) is 24.5 Å². The molecule has 2 aliphatic heterocycles. The maximum atomic E-state index is 12.9. The summed E-state index contributed by atoms with van der Waals surface area (Å²) < 4.78 is 59.7. The number of pyridine rings is 1. The minimum Gasteiger partial charge on any atom is -0.378 e. The Morgan fingerprint density at radius 3 is 2.78 bits per heavy atom. The molecule has 2 unspecified atom stereocenters. The van der Waals surface area contributed by atoms with Gasteiger partial charge in [-0.25, -0.2) is 22.0 Å². The van der Waals surface area contributed by atoms with Gasteiger partial charge < -0.3 is 15.0 Å². The van der Waals surface area contributed by atoms with Gasteiger partial charge in [0.15, 0.2) is 0 Å². The van der Waals surface area contributed by atoms with Crippen LogP contribution in [0.25, 0.3) is 0 Å². The molecular weight excluding hydrogens is 446 g/mol. The second-order valence-electron chi connectivity index (χ2n) is 7.92. The highest BCUT2D eigenvalue weighted by Gasteiger charge is 2.45. The number of methoxy groups -OCH3 is 1. The van der Waals surface area contributed by atoms with Crippen molar-refractivity contribution in [2.45, 2.75) is 51.6 Å². The van der Waals surface area contributed by atoms with E-state index in [0.717, 1.165) is 6.07 Å². The molecule has 2 aliphatic rings. The Morgan fingerprint density at radius 1 is 1.38 bits per heavy atom. The van der Waals surface area contributed by atoms with E-state index in [1.165, 1.54) is 34.8 Å². The predicted molar refractivity (Wildman–Crippen MR) is 114 cm³/mol. The van der Waals surface area contributed by atoms with Gasteiger partial charge in [0.1, 0.15) is 5.69 Å². The number of nitrogens with zero attached hydrogens (tertiary/aromatic N) is 5. The van der Waals surface area contributed by atoms with Crippen molar-refractivity contribution in [3.8, 4) is 0 Å². The maximum Gasteiger partial charge on any atom is 0.322 e. The van der Waals surface area contributed by atoms with Gasteiger partial charge in [-0.2, -0.15) is 5.10 Å².